The van der Waals surface area contributed by atoms with Crippen LogP contribution in [-0.2, 0) is 4.79 Å². The molecule has 1 fully saturated rings. The molecule has 3 unspecified atom stereocenters. The lowest BCUT2D eigenvalue weighted by molar-refractivity contribution is -0.163. The molecule has 8 heteroatoms. The second-order valence-electron chi connectivity index (χ2n) is 6.16. The molecule has 3 rings (SSSR count). The van der Waals surface area contributed by atoms with Gasteiger partial charge in [0.1, 0.15) is 5.82 Å². The molecule has 0 heterocycles. The smallest absolute Gasteiger partial charge is 0.341 e. The van der Waals surface area contributed by atoms with Gasteiger partial charge in [0.2, 0.25) is 5.91 Å². The zero-order chi connectivity index (χ0) is 19.1. The van der Waals surface area contributed by atoms with E-state index in [1.54, 1.807) is 0 Å². The first-order chi connectivity index (χ1) is 12.2. The van der Waals surface area contributed by atoms with E-state index in [2.05, 4.69) is 0 Å². The molecule has 0 aliphatic heterocycles. The predicted molar refractivity (Wildman–Crippen MR) is 80.5 cm³/mol. The lowest BCUT2D eigenvalue weighted by Crippen LogP contribution is -2.39. The third-order valence-electron chi connectivity index (χ3n) is 4.32. The summed E-state index contributed by atoms with van der Waals surface area (Å²) in [6, 6.07) is 4.53. The lowest BCUT2D eigenvalue weighted by Gasteiger charge is -2.22. The van der Waals surface area contributed by atoms with Crippen LogP contribution in [0.25, 0.3) is 0 Å². The molecular formula is C18H13F6NO. The number of carbonyl (C=O) groups is 1. The highest BCUT2D eigenvalue weighted by Crippen LogP contribution is 2.48. The van der Waals surface area contributed by atoms with Gasteiger partial charge in [-0.25, -0.2) is 13.2 Å². The largest absolute Gasteiger partial charge is 0.412 e. The summed E-state index contributed by atoms with van der Waals surface area (Å²) >= 11 is 0. The monoisotopic (exact) mass is 373 g/mol. The quantitative estimate of drug-likeness (QED) is 0.778. The minimum Gasteiger partial charge on any atom is -0.341 e. The van der Waals surface area contributed by atoms with Crippen LogP contribution < -0.4 is 5.32 Å². The van der Waals surface area contributed by atoms with Crippen LogP contribution in [0, 0.1) is 23.4 Å². The van der Waals surface area contributed by atoms with Crippen LogP contribution in [0.2, 0.25) is 0 Å². The second-order valence-corrected chi connectivity index (χ2v) is 6.16. The highest BCUT2D eigenvalue weighted by atomic mass is 19.4. The zero-order valence-electron chi connectivity index (χ0n) is 13.2. The Bertz CT molecular complexity index is 817. The Morgan fingerprint density at radius 3 is 2.23 bits per heavy atom. The summed E-state index contributed by atoms with van der Waals surface area (Å²) in [7, 11) is 0. The van der Waals surface area contributed by atoms with Crippen LogP contribution in [-0.4, -0.2) is 12.1 Å². The fourth-order valence-corrected chi connectivity index (χ4v) is 2.85. The molecule has 3 atom stereocenters. The van der Waals surface area contributed by atoms with E-state index in [0.29, 0.717) is 5.56 Å². The molecule has 1 saturated carbocycles. The van der Waals surface area contributed by atoms with Gasteiger partial charge in [0.15, 0.2) is 17.7 Å². The Labute approximate surface area is 144 Å². The van der Waals surface area contributed by atoms with Crippen molar-refractivity contribution in [2.45, 2.75) is 24.6 Å². The van der Waals surface area contributed by atoms with Crippen molar-refractivity contribution in [3.8, 4) is 0 Å². The van der Waals surface area contributed by atoms with Gasteiger partial charge < -0.3 is 5.32 Å². The maximum Gasteiger partial charge on any atom is 0.412 e. The molecule has 1 N–H and O–H groups in total. The van der Waals surface area contributed by atoms with Crippen molar-refractivity contribution in [1.82, 2.24) is 5.32 Å². The number of hydrogen-bond donors (Lipinski definition) is 1. The number of carbonyl (C=O) groups excluding carboxylic acids is 1. The first-order valence-electron chi connectivity index (χ1n) is 7.74. The number of hydrogen-bond acceptors (Lipinski definition) is 1. The maximum atomic E-state index is 13.3. The van der Waals surface area contributed by atoms with Crippen molar-refractivity contribution in [3.05, 3.63) is 71.0 Å². The van der Waals surface area contributed by atoms with Crippen LogP contribution in [0.5, 0.6) is 0 Å². The molecule has 1 aliphatic rings. The van der Waals surface area contributed by atoms with E-state index in [9.17, 15) is 31.1 Å². The summed E-state index contributed by atoms with van der Waals surface area (Å²) in [4.78, 5) is 12.2. The third-order valence-corrected chi connectivity index (χ3v) is 4.32. The van der Waals surface area contributed by atoms with Crippen molar-refractivity contribution in [2.75, 3.05) is 0 Å². The van der Waals surface area contributed by atoms with Gasteiger partial charge in [0, 0.05) is 5.92 Å². The van der Waals surface area contributed by atoms with Gasteiger partial charge in [0.25, 0.3) is 0 Å². The average molecular weight is 373 g/mol. The normalized spacial score (nSPS) is 20.5. The van der Waals surface area contributed by atoms with Crippen molar-refractivity contribution in [3.63, 3.8) is 0 Å². The van der Waals surface area contributed by atoms with E-state index in [0.717, 1.165) is 36.4 Å². The number of halogens is 6. The minimum atomic E-state index is -4.76. The topological polar surface area (TPSA) is 29.1 Å². The number of amides is 1. The van der Waals surface area contributed by atoms with E-state index >= 15 is 0 Å². The molecule has 0 spiro atoms. The number of rotatable bonds is 4. The van der Waals surface area contributed by atoms with Crippen molar-refractivity contribution < 1.29 is 31.1 Å². The van der Waals surface area contributed by atoms with Gasteiger partial charge in [-0.1, -0.05) is 18.2 Å². The van der Waals surface area contributed by atoms with Crippen molar-refractivity contribution in [1.29, 1.82) is 0 Å². The summed E-state index contributed by atoms with van der Waals surface area (Å²) in [5.41, 5.74) is 0.0617. The van der Waals surface area contributed by atoms with Gasteiger partial charge in [-0.15, -0.1) is 0 Å². The number of alkyl halides is 3. The van der Waals surface area contributed by atoms with Gasteiger partial charge >= 0.3 is 6.18 Å². The number of benzene rings is 2. The standard InChI is InChI=1S/C18H13F6NO/c19-11-4-1-9(2-5-11)16(18(22,23)24)25-17(26)13-8-12(13)10-3-6-14(20)15(21)7-10/h1-7,12-13,16H,8H2,(H,25,26). The number of nitrogens with one attached hydrogen (secondary N) is 1. The molecule has 1 amide bonds. The molecule has 26 heavy (non-hydrogen) atoms. The van der Waals surface area contributed by atoms with Gasteiger partial charge in [-0.05, 0) is 47.7 Å². The summed E-state index contributed by atoms with van der Waals surface area (Å²) < 4.78 is 78.9. The fourth-order valence-electron chi connectivity index (χ4n) is 2.85. The van der Waals surface area contributed by atoms with Crippen LogP contribution in [0.15, 0.2) is 42.5 Å². The Morgan fingerprint density at radius 1 is 1.00 bits per heavy atom. The first-order valence-corrected chi connectivity index (χ1v) is 7.74. The lowest BCUT2D eigenvalue weighted by atomic mass is 10.1. The van der Waals surface area contributed by atoms with E-state index in [1.165, 1.54) is 6.07 Å². The summed E-state index contributed by atoms with van der Waals surface area (Å²) in [6.45, 7) is 0. The van der Waals surface area contributed by atoms with Crippen LogP contribution in [0.3, 0.4) is 0 Å². The second kappa shape index (κ2) is 6.66. The van der Waals surface area contributed by atoms with Crippen molar-refractivity contribution >= 4 is 5.91 Å². The van der Waals surface area contributed by atoms with E-state index < -0.39 is 47.4 Å². The molecule has 0 radical (unpaired) electrons. The van der Waals surface area contributed by atoms with Gasteiger partial charge in [-0.3, -0.25) is 4.79 Å². The third kappa shape index (κ3) is 3.84. The molecule has 1 aliphatic carbocycles. The Hall–Kier alpha value is -2.51. The molecule has 0 aromatic heterocycles. The van der Waals surface area contributed by atoms with Gasteiger partial charge in [-0.2, -0.15) is 13.2 Å². The highest BCUT2D eigenvalue weighted by Gasteiger charge is 2.48. The Kier molecular flexibility index (Phi) is 4.68. The molecule has 2 aromatic carbocycles. The summed E-state index contributed by atoms with van der Waals surface area (Å²) in [5, 5.41) is 1.93. The summed E-state index contributed by atoms with van der Waals surface area (Å²) in [6.07, 6.45) is -4.52. The molecule has 0 bridgehead atoms. The molecule has 2 aromatic rings. The zero-order valence-corrected chi connectivity index (χ0v) is 13.2. The highest BCUT2D eigenvalue weighted by molar-refractivity contribution is 5.83. The van der Waals surface area contributed by atoms with E-state index in [1.807, 2.05) is 5.32 Å². The van der Waals surface area contributed by atoms with Crippen LogP contribution in [0.1, 0.15) is 29.5 Å². The predicted octanol–water partition coefficient (Wildman–Crippen LogP) is 4.63. The van der Waals surface area contributed by atoms with Crippen molar-refractivity contribution in [2.24, 2.45) is 5.92 Å². The summed E-state index contributed by atoms with van der Waals surface area (Å²) in [5.74, 6) is -4.87. The molecule has 0 saturated heterocycles. The molecule has 138 valence electrons. The van der Waals surface area contributed by atoms with Crippen LogP contribution in [0.4, 0.5) is 26.3 Å². The molecular weight excluding hydrogens is 360 g/mol. The van der Waals surface area contributed by atoms with E-state index in [-0.39, 0.29) is 12.0 Å². The SMILES string of the molecule is O=C(NC(c1ccc(F)cc1)C(F)(F)F)C1CC1c1ccc(F)c(F)c1. The fraction of sp³-hybridized carbons (Fsp3) is 0.278. The van der Waals surface area contributed by atoms with E-state index in [4.69, 9.17) is 0 Å². The Morgan fingerprint density at radius 2 is 1.65 bits per heavy atom. The molecule has 2 nitrogen and oxygen atoms in total. The van der Waals surface area contributed by atoms with Gasteiger partial charge in [0.05, 0.1) is 0 Å². The average Bonchev–Trinajstić information content (AvgIpc) is 3.36. The minimum absolute atomic E-state index is 0.241. The van der Waals surface area contributed by atoms with Crippen LogP contribution >= 0.6 is 0 Å². The maximum absolute atomic E-state index is 13.3. The Balaban J connectivity index is 1.73. The first kappa shape index (κ1) is 18.3.